The second kappa shape index (κ2) is 9.20. The summed E-state index contributed by atoms with van der Waals surface area (Å²) in [5.74, 6) is 1.39. The van der Waals surface area contributed by atoms with E-state index in [0.717, 1.165) is 29.0 Å². The highest BCUT2D eigenvalue weighted by Gasteiger charge is 2.27. The fourth-order valence-corrected chi connectivity index (χ4v) is 4.36. The summed E-state index contributed by atoms with van der Waals surface area (Å²) in [5.41, 5.74) is 3.15. The van der Waals surface area contributed by atoms with Crippen molar-refractivity contribution in [3.05, 3.63) is 58.1 Å². The van der Waals surface area contributed by atoms with E-state index in [9.17, 15) is 0 Å². The smallest absolute Gasteiger partial charge is 0.247 e. The van der Waals surface area contributed by atoms with E-state index in [4.69, 9.17) is 27.9 Å². The molecule has 0 unspecified atom stereocenters. The van der Waals surface area contributed by atoms with Crippen molar-refractivity contribution in [3.63, 3.8) is 0 Å². The zero-order valence-corrected chi connectivity index (χ0v) is 18.2. The van der Waals surface area contributed by atoms with Gasteiger partial charge in [-0.3, -0.25) is 0 Å². The Morgan fingerprint density at radius 1 is 1.10 bits per heavy atom. The molecule has 0 radical (unpaired) electrons. The van der Waals surface area contributed by atoms with Crippen LogP contribution in [0.4, 0.5) is 5.69 Å². The van der Waals surface area contributed by atoms with Crippen LogP contribution in [0.25, 0.3) is 11.3 Å². The van der Waals surface area contributed by atoms with Crippen molar-refractivity contribution < 1.29 is 4.74 Å². The van der Waals surface area contributed by atoms with E-state index in [-0.39, 0.29) is 0 Å². The second-order valence-electron chi connectivity index (χ2n) is 6.66. The summed E-state index contributed by atoms with van der Waals surface area (Å²) < 4.78 is 6.25. The van der Waals surface area contributed by atoms with Crippen molar-refractivity contribution in [3.8, 4) is 17.1 Å². The molecule has 1 aliphatic heterocycles. The molecule has 1 aliphatic rings. The Hall–Kier alpha value is -2.02. The molecule has 2 aromatic carbocycles. The zero-order chi connectivity index (χ0) is 20.2. The zero-order valence-electron chi connectivity index (χ0n) is 15.9. The molecule has 2 heterocycles. The Morgan fingerprint density at radius 3 is 2.79 bits per heavy atom. The normalized spacial score (nSPS) is 14.9. The molecule has 1 atom stereocenters. The number of unbranched alkanes of at least 4 members (excludes halogenated alkanes) is 2. The van der Waals surface area contributed by atoms with Crippen LogP contribution in [0.15, 0.2) is 47.6 Å². The monoisotopic (exact) mass is 446 g/mol. The van der Waals surface area contributed by atoms with Crippen molar-refractivity contribution in [2.24, 2.45) is 0 Å². The third-order valence-electron chi connectivity index (χ3n) is 4.56. The van der Waals surface area contributed by atoms with E-state index < -0.39 is 6.23 Å². The first-order chi connectivity index (χ1) is 14.2. The van der Waals surface area contributed by atoms with Gasteiger partial charge in [-0.25, -0.2) is 0 Å². The number of nitrogens with one attached hydrogen (secondary N) is 1. The molecule has 3 aromatic rings. The summed E-state index contributed by atoms with van der Waals surface area (Å²) in [6.07, 6.45) is 2.96. The third-order valence-corrected chi connectivity index (χ3v) is 6.04. The summed E-state index contributed by atoms with van der Waals surface area (Å²) in [5, 5.41) is 13.8. The van der Waals surface area contributed by atoms with Crippen LogP contribution in [-0.4, -0.2) is 20.9 Å². The van der Waals surface area contributed by atoms with Gasteiger partial charge in [0.05, 0.1) is 5.02 Å². The van der Waals surface area contributed by atoms with E-state index in [2.05, 4.69) is 27.4 Å². The first-order valence-corrected chi connectivity index (χ1v) is 11.2. The Bertz CT molecular complexity index is 1020. The maximum absolute atomic E-state index is 6.44. The standard InChI is InChI=1S/C21H20Cl2N4OS/c1-2-3-6-11-29-21-25-20-18(26-27-21)15-7-4-5-8-17(15)24-19(28-20)14-10-9-13(22)12-16(14)23/h4-5,7-10,12,19,24H,2-3,6,11H2,1H3/t19-/m1/s1. The van der Waals surface area contributed by atoms with E-state index in [0.29, 0.717) is 26.8 Å². The van der Waals surface area contributed by atoms with Crippen molar-refractivity contribution in [1.82, 2.24) is 15.2 Å². The summed E-state index contributed by atoms with van der Waals surface area (Å²) >= 11 is 14.1. The predicted octanol–water partition coefficient (Wildman–Crippen LogP) is 6.63. The van der Waals surface area contributed by atoms with Crippen molar-refractivity contribution in [1.29, 1.82) is 0 Å². The molecule has 1 aromatic heterocycles. The molecule has 0 aliphatic carbocycles. The Kier molecular flexibility index (Phi) is 6.43. The number of para-hydroxylation sites is 1. The van der Waals surface area contributed by atoms with Crippen LogP contribution in [0.3, 0.4) is 0 Å². The maximum Gasteiger partial charge on any atom is 0.247 e. The van der Waals surface area contributed by atoms with Crippen molar-refractivity contribution >= 4 is 40.7 Å². The predicted molar refractivity (Wildman–Crippen MR) is 119 cm³/mol. The topological polar surface area (TPSA) is 59.9 Å². The lowest BCUT2D eigenvalue weighted by atomic mass is 10.1. The SMILES string of the molecule is CCCCCSc1nnc2c(n1)O[C@H](c1ccc(Cl)cc1Cl)Nc1ccccc1-2. The summed E-state index contributed by atoms with van der Waals surface area (Å²) in [6, 6.07) is 13.2. The number of thioether (sulfide) groups is 1. The molecular weight excluding hydrogens is 427 g/mol. The lowest BCUT2D eigenvalue weighted by Gasteiger charge is -2.20. The largest absolute Gasteiger partial charge is 0.448 e. The number of hydrogen-bond acceptors (Lipinski definition) is 6. The number of benzene rings is 2. The highest BCUT2D eigenvalue weighted by atomic mass is 35.5. The van der Waals surface area contributed by atoms with E-state index in [1.54, 1.807) is 23.9 Å². The van der Waals surface area contributed by atoms with Gasteiger partial charge >= 0.3 is 0 Å². The highest BCUT2D eigenvalue weighted by molar-refractivity contribution is 7.99. The molecule has 0 fully saturated rings. The van der Waals surface area contributed by atoms with Crippen LogP contribution in [-0.2, 0) is 0 Å². The molecule has 8 heteroatoms. The molecule has 0 amide bonds. The number of aromatic nitrogens is 3. The van der Waals surface area contributed by atoms with Gasteiger partial charge in [-0.2, -0.15) is 4.98 Å². The molecule has 0 saturated carbocycles. The lowest BCUT2D eigenvalue weighted by molar-refractivity contribution is 0.225. The van der Waals surface area contributed by atoms with Gasteiger partial charge in [0, 0.05) is 27.6 Å². The number of anilines is 1. The van der Waals surface area contributed by atoms with Crippen LogP contribution in [0.5, 0.6) is 5.88 Å². The van der Waals surface area contributed by atoms with Crippen LogP contribution in [0.2, 0.25) is 10.0 Å². The van der Waals surface area contributed by atoms with Crippen LogP contribution < -0.4 is 10.1 Å². The molecule has 0 bridgehead atoms. The van der Waals surface area contributed by atoms with Crippen LogP contribution in [0.1, 0.15) is 38.0 Å². The molecule has 150 valence electrons. The van der Waals surface area contributed by atoms with Crippen molar-refractivity contribution in [2.45, 2.75) is 37.6 Å². The van der Waals surface area contributed by atoms with Gasteiger partial charge in [-0.15, -0.1) is 10.2 Å². The van der Waals surface area contributed by atoms with Gasteiger partial charge in [0.1, 0.15) is 0 Å². The first kappa shape index (κ1) is 20.3. The Morgan fingerprint density at radius 2 is 1.97 bits per heavy atom. The van der Waals surface area contributed by atoms with Gasteiger partial charge in [0.2, 0.25) is 11.0 Å². The van der Waals surface area contributed by atoms with Gasteiger partial charge < -0.3 is 10.1 Å². The molecule has 4 rings (SSSR count). The Labute approximate surface area is 184 Å². The maximum atomic E-state index is 6.44. The lowest BCUT2D eigenvalue weighted by Crippen LogP contribution is -2.17. The number of hydrogen-bond donors (Lipinski definition) is 1. The van der Waals surface area contributed by atoms with Crippen LogP contribution >= 0.6 is 35.0 Å². The number of nitrogens with zero attached hydrogens (tertiary/aromatic N) is 3. The number of fused-ring (bicyclic) bond motifs is 3. The molecule has 0 spiro atoms. The number of ether oxygens (including phenoxy) is 1. The quantitative estimate of drug-likeness (QED) is 0.338. The summed E-state index contributed by atoms with van der Waals surface area (Å²) in [7, 11) is 0. The average Bonchev–Trinajstić information content (AvgIpc) is 2.87. The molecule has 1 N–H and O–H groups in total. The molecule has 5 nitrogen and oxygen atoms in total. The fourth-order valence-electron chi connectivity index (χ4n) is 3.08. The van der Waals surface area contributed by atoms with E-state index in [1.165, 1.54) is 12.8 Å². The minimum absolute atomic E-state index is 0.437. The molecule has 29 heavy (non-hydrogen) atoms. The molecule has 0 saturated heterocycles. The fraction of sp³-hybridized carbons (Fsp3) is 0.286. The van der Waals surface area contributed by atoms with Crippen LogP contribution in [0, 0.1) is 0 Å². The number of rotatable bonds is 6. The second-order valence-corrected chi connectivity index (χ2v) is 8.56. The van der Waals surface area contributed by atoms with Gasteiger partial charge in [0.25, 0.3) is 0 Å². The highest BCUT2D eigenvalue weighted by Crippen LogP contribution is 2.40. The van der Waals surface area contributed by atoms with Crippen molar-refractivity contribution in [2.75, 3.05) is 11.1 Å². The summed E-state index contributed by atoms with van der Waals surface area (Å²) in [4.78, 5) is 4.65. The van der Waals surface area contributed by atoms with Gasteiger partial charge in [-0.05, 0) is 24.6 Å². The molecular formula is C21H20Cl2N4OS. The first-order valence-electron chi connectivity index (χ1n) is 9.50. The summed E-state index contributed by atoms with van der Waals surface area (Å²) in [6.45, 7) is 2.19. The minimum Gasteiger partial charge on any atom is -0.448 e. The number of halogens is 2. The average molecular weight is 447 g/mol. The minimum atomic E-state index is -0.531. The van der Waals surface area contributed by atoms with E-state index in [1.807, 2.05) is 30.3 Å². The third kappa shape index (κ3) is 4.60. The van der Waals surface area contributed by atoms with E-state index >= 15 is 0 Å². The van der Waals surface area contributed by atoms with Gasteiger partial charge in [0.15, 0.2) is 11.9 Å². The van der Waals surface area contributed by atoms with Gasteiger partial charge in [-0.1, -0.05) is 79.0 Å². The Balaban J connectivity index is 1.70.